The summed E-state index contributed by atoms with van der Waals surface area (Å²) >= 11 is 0. The van der Waals surface area contributed by atoms with Crippen LogP contribution in [0.15, 0.2) is 18.2 Å². The Hall–Kier alpha value is -1.02. The first-order valence-corrected chi connectivity index (χ1v) is 7.87. The topological polar surface area (TPSA) is 21.3 Å². The second kappa shape index (κ2) is 6.17. The molecule has 0 heterocycles. The van der Waals surface area contributed by atoms with Gasteiger partial charge in [0.1, 0.15) is 5.75 Å². The average Bonchev–Trinajstić information content (AvgIpc) is 2.76. The van der Waals surface area contributed by atoms with Gasteiger partial charge in [-0.15, -0.1) is 0 Å². The van der Waals surface area contributed by atoms with Crippen LogP contribution >= 0.6 is 0 Å². The minimum atomic E-state index is 0.430. The second-order valence-corrected chi connectivity index (χ2v) is 6.75. The van der Waals surface area contributed by atoms with Crippen LogP contribution in [0.5, 0.6) is 5.75 Å². The van der Waals surface area contributed by atoms with Gasteiger partial charge in [0.2, 0.25) is 0 Å². The highest BCUT2D eigenvalue weighted by atomic mass is 16.5. The van der Waals surface area contributed by atoms with Crippen LogP contribution in [0.2, 0.25) is 0 Å². The number of benzene rings is 1. The van der Waals surface area contributed by atoms with E-state index in [1.807, 2.05) is 0 Å². The summed E-state index contributed by atoms with van der Waals surface area (Å²) in [5, 5.41) is 3.73. The third-order valence-electron chi connectivity index (χ3n) is 4.98. The van der Waals surface area contributed by atoms with Crippen LogP contribution in [0.3, 0.4) is 0 Å². The molecule has 0 aliphatic heterocycles. The molecular formula is C18H29NO. The maximum atomic E-state index is 5.34. The zero-order chi connectivity index (χ0) is 14.8. The summed E-state index contributed by atoms with van der Waals surface area (Å²) in [6.45, 7) is 10.3. The molecule has 0 saturated heterocycles. The second-order valence-electron chi connectivity index (χ2n) is 6.75. The van der Waals surface area contributed by atoms with Gasteiger partial charge in [-0.25, -0.2) is 0 Å². The summed E-state index contributed by atoms with van der Waals surface area (Å²) in [5.74, 6) is 1.67. The van der Waals surface area contributed by atoms with Crippen LogP contribution in [0, 0.1) is 18.3 Å². The highest BCUT2D eigenvalue weighted by Crippen LogP contribution is 2.49. The Morgan fingerprint density at radius 3 is 2.65 bits per heavy atom. The van der Waals surface area contributed by atoms with Gasteiger partial charge < -0.3 is 10.1 Å². The van der Waals surface area contributed by atoms with E-state index in [2.05, 4.69) is 51.2 Å². The van der Waals surface area contributed by atoms with Crippen molar-refractivity contribution in [2.75, 3.05) is 13.7 Å². The summed E-state index contributed by atoms with van der Waals surface area (Å²) in [7, 11) is 1.73. The van der Waals surface area contributed by atoms with E-state index in [1.54, 1.807) is 7.11 Å². The Kier molecular flexibility index (Phi) is 4.74. The number of rotatable bonds is 5. The highest BCUT2D eigenvalue weighted by Gasteiger charge is 2.40. The molecule has 2 heteroatoms. The molecule has 2 atom stereocenters. The molecule has 1 aromatic carbocycles. The lowest BCUT2D eigenvalue weighted by Crippen LogP contribution is -2.34. The lowest BCUT2D eigenvalue weighted by atomic mass is 9.74. The van der Waals surface area contributed by atoms with E-state index in [1.165, 1.54) is 30.4 Å². The van der Waals surface area contributed by atoms with E-state index in [-0.39, 0.29) is 0 Å². The minimum Gasteiger partial charge on any atom is -0.497 e. The molecule has 1 aliphatic rings. The molecule has 1 saturated carbocycles. The monoisotopic (exact) mass is 275 g/mol. The van der Waals surface area contributed by atoms with Gasteiger partial charge in [0, 0.05) is 6.04 Å². The maximum Gasteiger partial charge on any atom is 0.119 e. The number of nitrogens with one attached hydrogen (secondary N) is 1. The third kappa shape index (κ3) is 3.01. The smallest absolute Gasteiger partial charge is 0.119 e. The lowest BCUT2D eigenvalue weighted by Gasteiger charge is -2.35. The van der Waals surface area contributed by atoms with Gasteiger partial charge in [0.15, 0.2) is 0 Å². The van der Waals surface area contributed by atoms with Gasteiger partial charge in [-0.2, -0.15) is 0 Å². The quantitative estimate of drug-likeness (QED) is 0.855. The molecule has 0 radical (unpaired) electrons. The summed E-state index contributed by atoms with van der Waals surface area (Å²) in [4.78, 5) is 0. The van der Waals surface area contributed by atoms with Gasteiger partial charge in [-0.05, 0) is 60.9 Å². The molecule has 2 unspecified atom stereocenters. The summed E-state index contributed by atoms with van der Waals surface area (Å²) < 4.78 is 5.34. The van der Waals surface area contributed by atoms with Crippen LogP contribution in [-0.2, 0) is 0 Å². The Morgan fingerprint density at radius 1 is 1.40 bits per heavy atom. The van der Waals surface area contributed by atoms with Gasteiger partial charge in [0.25, 0.3) is 0 Å². The van der Waals surface area contributed by atoms with E-state index >= 15 is 0 Å². The van der Waals surface area contributed by atoms with Crippen molar-refractivity contribution in [2.24, 2.45) is 11.3 Å². The van der Waals surface area contributed by atoms with E-state index < -0.39 is 0 Å². The molecule has 2 nitrogen and oxygen atoms in total. The minimum absolute atomic E-state index is 0.430. The molecular weight excluding hydrogens is 246 g/mol. The van der Waals surface area contributed by atoms with Crippen LogP contribution in [-0.4, -0.2) is 13.7 Å². The standard InChI is InChI=1S/C18H29NO/c1-6-19-17(16-8-7-11-18(16,3)4)15-10-9-14(20-5)12-13(15)2/h9-10,12,16-17,19H,6-8,11H2,1-5H3. The van der Waals surface area contributed by atoms with E-state index in [0.717, 1.165) is 18.2 Å². The summed E-state index contributed by atoms with van der Waals surface area (Å²) in [5.41, 5.74) is 3.20. The van der Waals surface area contributed by atoms with E-state index in [0.29, 0.717) is 11.5 Å². The Balaban J connectivity index is 2.33. The van der Waals surface area contributed by atoms with Crippen molar-refractivity contribution in [3.05, 3.63) is 29.3 Å². The highest BCUT2D eigenvalue weighted by molar-refractivity contribution is 5.37. The van der Waals surface area contributed by atoms with Gasteiger partial charge in [-0.1, -0.05) is 33.3 Å². The Labute approximate surface area is 123 Å². The molecule has 1 aromatic rings. The predicted octanol–water partition coefficient (Wildman–Crippen LogP) is 4.48. The SMILES string of the molecule is CCNC(c1ccc(OC)cc1C)C1CCCC1(C)C. The first-order chi connectivity index (χ1) is 9.49. The molecule has 1 fully saturated rings. The molecule has 0 spiro atoms. The van der Waals surface area contributed by atoms with Crippen molar-refractivity contribution in [3.8, 4) is 5.75 Å². The summed E-state index contributed by atoms with van der Waals surface area (Å²) in [6, 6.07) is 6.95. The molecule has 1 aliphatic carbocycles. The van der Waals surface area contributed by atoms with Crippen LogP contribution < -0.4 is 10.1 Å². The molecule has 0 bridgehead atoms. The molecule has 0 aromatic heterocycles. The van der Waals surface area contributed by atoms with Crippen molar-refractivity contribution in [3.63, 3.8) is 0 Å². The van der Waals surface area contributed by atoms with Crippen molar-refractivity contribution in [2.45, 2.75) is 53.0 Å². The van der Waals surface area contributed by atoms with Crippen LogP contribution in [0.4, 0.5) is 0 Å². The van der Waals surface area contributed by atoms with E-state index in [4.69, 9.17) is 4.74 Å². The Morgan fingerprint density at radius 2 is 2.15 bits per heavy atom. The zero-order valence-corrected chi connectivity index (χ0v) is 13.6. The summed E-state index contributed by atoms with van der Waals surface area (Å²) in [6.07, 6.45) is 4.03. The number of aryl methyl sites for hydroxylation is 1. The van der Waals surface area contributed by atoms with Crippen molar-refractivity contribution in [1.29, 1.82) is 0 Å². The van der Waals surface area contributed by atoms with Crippen molar-refractivity contribution in [1.82, 2.24) is 5.32 Å². The largest absolute Gasteiger partial charge is 0.497 e. The number of hydrogen-bond acceptors (Lipinski definition) is 2. The fourth-order valence-electron chi connectivity index (χ4n) is 3.78. The molecule has 0 amide bonds. The van der Waals surface area contributed by atoms with Crippen molar-refractivity contribution >= 4 is 0 Å². The fraction of sp³-hybridized carbons (Fsp3) is 0.667. The Bertz CT molecular complexity index is 453. The van der Waals surface area contributed by atoms with Crippen LogP contribution in [0.1, 0.15) is 57.2 Å². The van der Waals surface area contributed by atoms with Gasteiger partial charge >= 0.3 is 0 Å². The number of methoxy groups -OCH3 is 1. The van der Waals surface area contributed by atoms with E-state index in [9.17, 15) is 0 Å². The zero-order valence-electron chi connectivity index (χ0n) is 13.6. The first-order valence-electron chi connectivity index (χ1n) is 7.87. The van der Waals surface area contributed by atoms with Gasteiger partial charge in [0.05, 0.1) is 7.11 Å². The molecule has 20 heavy (non-hydrogen) atoms. The average molecular weight is 275 g/mol. The van der Waals surface area contributed by atoms with Gasteiger partial charge in [-0.3, -0.25) is 0 Å². The lowest BCUT2D eigenvalue weighted by molar-refractivity contribution is 0.198. The number of ether oxygens (including phenoxy) is 1. The fourth-order valence-corrected chi connectivity index (χ4v) is 3.78. The molecule has 2 rings (SSSR count). The first kappa shape index (κ1) is 15.4. The normalized spacial score (nSPS) is 22.8. The number of hydrogen-bond donors (Lipinski definition) is 1. The third-order valence-corrected chi connectivity index (χ3v) is 4.98. The molecule has 112 valence electrons. The maximum absolute atomic E-state index is 5.34. The van der Waals surface area contributed by atoms with Crippen LogP contribution in [0.25, 0.3) is 0 Å². The molecule has 1 N–H and O–H groups in total. The predicted molar refractivity (Wildman–Crippen MR) is 85.3 cm³/mol. The van der Waals surface area contributed by atoms with Crippen molar-refractivity contribution < 1.29 is 4.74 Å².